The third-order valence-corrected chi connectivity index (χ3v) is 7.78. The van der Waals surface area contributed by atoms with Crippen LogP contribution in [-0.4, -0.2) is 98.1 Å². The number of hydrogen-bond donors (Lipinski definition) is 0. The highest BCUT2D eigenvalue weighted by Gasteiger charge is 2.06. The fourth-order valence-electron chi connectivity index (χ4n) is 5.03. The molecule has 206 valence electrons. The second-order valence-corrected chi connectivity index (χ2v) is 10.2. The number of nitrogens with zero attached hydrogens (tertiary/aromatic N) is 4. The summed E-state index contributed by atoms with van der Waals surface area (Å²) in [5.41, 5.74) is 0. The van der Waals surface area contributed by atoms with Gasteiger partial charge in [0.15, 0.2) is 0 Å². The molecule has 0 atom stereocenters. The normalized spacial score (nSPS) is 12.2. The maximum absolute atomic E-state index is 2.80. The van der Waals surface area contributed by atoms with Crippen LogP contribution in [-0.2, 0) is 0 Å². The van der Waals surface area contributed by atoms with Crippen molar-refractivity contribution in [1.29, 1.82) is 0 Å². The Kier molecular flexibility index (Phi) is 25.8. The summed E-state index contributed by atoms with van der Waals surface area (Å²) in [6, 6.07) is 0. The van der Waals surface area contributed by atoms with Crippen molar-refractivity contribution >= 4 is 0 Å². The van der Waals surface area contributed by atoms with Crippen molar-refractivity contribution in [3.8, 4) is 0 Å². The topological polar surface area (TPSA) is 13.0 Å². The molecule has 0 aliphatic heterocycles. The van der Waals surface area contributed by atoms with Gasteiger partial charge in [-0.3, -0.25) is 0 Å². The summed E-state index contributed by atoms with van der Waals surface area (Å²) in [5, 5.41) is 0. The van der Waals surface area contributed by atoms with E-state index in [1.54, 1.807) is 0 Å². The molecule has 0 saturated heterocycles. The van der Waals surface area contributed by atoms with E-state index in [-0.39, 0.29) is 0 Å². The smallest absolute Gasteiger partial charge is 0.00187 e. The summed E-state index contributed by atoms with van der Waals surface area (Å²) >= 11 is 0. The molecule has 4 nitrogen and oxygen atoms in total. The minimum atomic E-state index is 1.20. The molecule has 0 unspecified atom stereocenters. The zero-order chi connectivity index (χ0) is 25.3. The molecule has 0 amide bonds. The van der Waals surface area contributed by atoms with E-state index >= 15 is 0 Å². The summed E-state index contributed by atoms with van der Waals surface area (Å²) in [7, 11) is 0. The van der Waals surface area contributed by atoms with Crippen LogP contribution in [0.3, 0.4) is 0 Å². The largest absolute Gasteiger partial charge is 0.304 e. The van der Waals surface area contributed by atoms with Crippen LogP contribution in [0.15, 0.2) is 0 Å². The lowest BCUT2D eigenvalue weighted by Crippen LogP contribution is -2.28. The Bertz CT molecular complexity index is 321. The van der Waals surface area contributed by atoms with E-state index in [9.17, 15) is 0 Å². The molecule has 0 saturated carbocycles. The monoisotopic (exact) mass is 483 g/mol. The highest BCUT2D eigenvalue weighted by Crippen LogP contribution is 2.10. The molecule has 0 spiro atoms. The Labute approximate surface area is 216 Å². The fraction of sp³-hybridized carbons (Fsp3) is 1.00. The van der Waals surface area contributed by atoms with Crippen molar-refractivity contribution in [3.63, 3.8) is 0 Å². The zero-order valence-electron chi connectivity index (χ0n) is 24.8. The van der Waals surface area contributed by atoms with E-state index in [0.29, 0.717) is 0 Å². The first-order chi connectivity index (χ1) is 16.6. The Morgan fingerprint density at radius 1 is 0.235 bits per heavy atom. The van der Waals surface area contributed by atoms with Gasteiger partial charge in [0.1, 0.15) is 0 Å². The molecule has 0 N–H and O–H groups in total. The molecule has 0 radical (unpaired) electrons. The Morgan fingerprint density at radius 3 is 0.588 bits per heavy atom. The van der Waals surface area contributed by atoms with Gasteiger partial charge in [0.05, 0.1) is 0 Å². The van der Waals surface area contributed by atoms with Crippen LogP contribution < -0.4 is 0 Å². The van der Waals surface area contributed by atoms with Crippen molar-refractivity contribution in [3.05, 3.63) is 0 Å². The molecule has 0 aromatic heterocycles. The maximum atomic E-state index is 2.80. The fourth-order valence-corrected chi connectivity index (χ4v) is 5.03. The van der Waals surface area contributed by atoms with E-state index in [2.05, 4.69) is 61.1 Å². The van der Waals surface area contributed by atoms with Gasteiger partial charge in [-0.15, -0.1) is 0 Å². The minimum Gasteiger partial charge on any atom is -0.304 e. The average Bonchev–Trinajstić information content (AvgIpc) is 2.87. The van der Waals surface area contributed by atoms with Crippen molar-refractivity contribution in [2.24, 2.45) is 0 Å². The second-order valence-electron chi connectivity index (χ2n) is 10.2. The van der Waals surface area contributed by atoms with Gasteiger partial charge in [-0.2, -0.15) is 0 Å². The van der Waals surface area contributed by atoms with Crippen LogP contribution in [0.25, 0.3) is 0 Å². The Hall–Kier alpha value is -0.160. The van der Waals surface area contributed by atoms with Gasteiger partial charge in [-0.05, 0) is 117 Å². The number of unbranched alkanes of at least 4 members (excludes halogenated alkanes) is 9. The highest BCUT2D eigenvalue weighted by molar-refractivity contribution is 4.62. The molecule has 0 aromatic rings. The predicted octanol–water partition coefficient (Wildman–Crippen LogP) is 7.00. The lowest BCUT2D eigenvalue weighted by atomic mass is 10.1. The van der Waals surface area contributed by atoms with Gasteiger partial charge in [-0.1, -0.05) is 80.1 Å². The van der Waals surface area contributed by atoms with Crippen LogP contribution in [0.2, 0.25) is 0 Å². The van der Waals surface area contributed by atoms with Crippen molar-refractivity contribution < 1.29 is 0 Å². The molecule has 0 bridgehead atoms. The van der Waals surface area contributed by atoms with Crippen molar-refractivity contribution in [1.82, 2.24) is 19.6 Å². The second kappa shape index (κ2) is 25.9. The Balaban J connectivity index is 4.10. The van der Waals surface area contributed by atoms with Crippen LogP contribution >= 0.6 is 0 Å². The van der Waals surface area contributed by atoms with E-state index in [1.165, 1.54) is 156 Å². The van der Waals surface area contributed by atoms with E-state index in [0.717, 1.165) is 0 Å². The molecule has 0 fully saturated rings. The van der Waals surface area contributed by atoms with E-state index in [1.807, 2.05) is 0 Å². The van der Waals surface area contributed by atoms with Crippen LogP contribution in [0.5, 0.6) is 0 Å². The third-order valence-electron chi connectivity index (χ3n) is 7.78. The third kappa shape index (κ3) is 20.1. The van der Waals surface area contributed by atoms with Crippen LogP contribution in [0, 0.1) is 0 Å². The molecule has 0 aromatic carbocycles. The van der Waals surface area contributed by atoms with E-state index < -0.39 is 0 Å². The van der Waals surface area contributed by atoms with Crippen molar-refractivity contribution in [2.75, 3.05) is 78.5 Å². The van der Waals surface area contributed by atoms with Gasteiger partial charge in [-0.25, -0.2) is 0 Å². The van der Waals surface area contributed by atoms with Gasteiger partial charge in [0.25, 0.3) is 0 Å². The number of hydrogen-bond acceptors (Lipinski definition) is 4. The summed E-state index contributed by atoms with van der Waals surface area (Å²) in [6.45, 7) is 28.8. The first-order valence-electron chi connectivity index (χ1n) is 15.5. The molecule has 0 heterocycles. The minimum absolute atomic E-state index is 1.20. The molecular formula is C30H66N4. The van der Waals surface area contributed by atoms with Gasteiger partial charge in [0.2, 0.25) is 0 Å². The highest BCUT2D eigenvalue weighted by atomic mass is 15.1. The zero-order valence-corrected chi connectivity index (χ0v) is 24.8. The van der Waals surface area contributed by atoms with Crippen LogP contribution in [0.1, 0.15) is 119 Å². The molecule has 4 heteroatoms. The van der Waals surface area contributed by atoms with Gasteiger partial charge in [0, 0.05) is 0 Å². The summed E-state index contributed by atoms with van der Waals surface area (Å²) < 4.78 is 0. The lowest BCUT2D eigenvalue weighted by Gasteiger charge is -2.23. The molecule has 0 rings (SSSR count). The first kappa shape index (κ1) is 33.8. The number of rotatable bonds is 27. The summed E-state index contributed by atoms with van der Waals surface area (Å²) in [5.74, 6) is 0. The first-order valence-corrected chi connectivity index (χ1v) is 15.5. The van der Waals surface area contributed by atoms with Gasteiger partial charge < -0.3 is 19.6 Å². The SMILES string of the molecule is CCN(CC)CCCCCCN(CCCCCCN(CC)CC)CCCCCCN(CC)CC. The summed E-state index contributed by atoms with van der Waals surface area (Å²) in [4.78, 5) is 10.5. The van der Waals surface area contributed by atoms with Gasteiger partial charge >= 0.3 is 0 Å². The Morgan fingerprint density at radius 2 is 0.412 bits per heavy atom. The summed E-state index contributed by atoms with van der Waals surface area (Å²) in [6.07, 6.45) is 16.7. The lowest BCUT2D eigenvalue weighted by molar-refractivity contribution is 0.247. The molecular weight excluding hydrogens is 416 g/mol. The molecule has 0 aliphatic rings. The molecule has 34 heavy (non-hydrogen) atoms. The average molecular weight is 483 g/mol. The molecule has 0 aliphatic carbocycles. The van der Waals surface area contributed by atoms with Crippen LogP contribution in [0.4, 0.5) is 0 Å². The maximum Gasteiger partial charge on any atom is -0.00187 e. The predicted molar refractivity (Wildman–Crippen MR) is 155 cm³/mol. The standard InChI is InChI=1S/C30H66N4/c1-7-31(8-2)25-19-13-16-22-28-34(29-23-17-14-20-26-32(9-3)10-4)30-24-18-15-21-27-33(11-5)12-6/h7-30H2,1-6H3. The van der Waals surface area contributed by atoms with Crippen molar-refractivity contribution in [2.45, 2.75) is 119 Å². The quantitative estimate of drug-likeness (QED) is 0.117. The van der Waals surface area contributed by atoms with E-state index in [4.69, 9.17) is 0 Å².